The lowest BCUT2D eigenvalue weighted by atomic mass is 9.92. The Bertz CT molecular complexity index is 634. The molecule has 0 aliphatic heterocycles. The van der Waals surface area contributed by atoms with Crippen LogP contribution in [0.25, 0.3) is 0 Å². The molecule has 0 aromatic heterocycles. The third-order valence-corrected chi connectivity index (χ3v) is 4.60. The van der Waals surface area contributed by atoms with Gasteiger partial charge in [0.25, 0.3) is 0 Å². The number of nitriles is 1. The van der Waals surface area contributed by atoms with E-state index in [1.165, 1.54) is 0 Å². The highest BCUT2D eigenvalue weighted by atomic mass is 16.5. The van der Waals surface area contributed by atoms with Crippen molar-refractivity contribution in [2.75, 3.05) is 13.2 Å². The summed E-state index contributed by atoms with van der Waals surface area (Å²) in [5.74, 6) is -1.14. The lowest BCUT2D eigenvalue weighted by Crippen LogP contribution is -2.29. The monoisotopic (exact) mass is 361 g/mol. The maximum absolute atomic E-state index is 12.0. The fourth-order valence-electron chi connectivity index (χ4n) is 3.46. The summed E-state index contributed by atoms with van der Waals surface area (Å²) < 4.78 is 17.1. The van der Waals surface area contributed by atoms with E-state index < -0.39 is 18.0 Å². The molecule has 0 saturated heterocycles. The van der Waals surface area contributed by atoms with Gasteiger partial charge >= 0.3 is 5.97 Å². The molecular formula is C20H27NO5. The molecular weight excluding hydrogens is 334 g/mol. The van der Waals surface area contributed by atoms with Crippen molar-refractivity contribution < 1.29 is 24.1 Å². The molecule has 0 bridgehead atoms. The van der Waals surface area contributed by atoms with Crippen LogP contribution >= 0.6 is 0 Å². The number of aliphatic carboxylic acids is 1. The number of benzene rings is 1. The van der Waals surface area contributed by atoms with Crippen molar-refractivity contribution in [1.29, 1.82) is 5.26 Å². The third kappa shape index (κ3) is 4.67. The SMILES string of the molecule is CCOc1cc(C(C(=O)O)C(C)OC2CCCC2)cc(OCC)c1C#N. The smallest absolute Gasteiger partial charge is 0.313 e. The fraction of sp³-hybridized carbons (Fsp3) is 0.600. The first-order chi connectivity index (χ1) is 12.5. The lowest BCUT2D eigenvalue weighted by Gasteiger charge is -2.25. The second-order valence-corrected chi connectivity index (χ2v) is 6.43. The van der Waals surface area contributed by atoms with Gasteiger partial charge in [-0.2, -0.15) is 5.26 Å². The van der Waals surface area contributed by atoms with Crippen LogP contribution in [0.15, 0.2) is 12.1 Å². The van der Waals surface area contributed by atoms with Crippen LogP contribution in [0.3, 0.4) is 0 Å². The van der Waals surface area contributed by atoms with E-state index in [1.54, 1.807) is 19.1 Å². The predicted molar refractivity (Wildman–Crippen MR) is 96.7 cm³/mol. The average Bonchev–Trinajstić information content (AvgIpc) is 3.08. The molecule has 1 saturated carbocycles. The Hall–Kier alpha value is -2.26. The van der Waals surface area contributed by atoms with E-state index in [-0.39, 0.29) is 11.7 Å². The van der Waals surface area contributed by atoms with E-state index in [1.807, 2.05) is 13.8 Å². The zero-order valence-electron chi connectivity index (χ0n) is 15.7. The molecule has 26 heavy (non-hydrogen) atoms. The minimum atomic E-state index is -0.967. The number of hydrogen-bond donors (Lipinski definition) is 1. The number of carbonyl (C=O) groups is 1. The Kier molecular flexibility index (Phi) is 7.28. The van der Waals surface area contributed by atoms with Crippen molar-refractivity contribution in [2.45, 2.75) is 64.6 Å². The van der Waals surface area contributed by atoms with E-state index in [4.69, 9.17) is 14.2 Å². The van der Waals surface area contributed by atoms with Crippen LogP contribution in [0.4, 0.5) is 0 Å². The maximum Gasteiger partial charge on any atom is 0.313 e. The van der Waals surface area contributed by atoms with Gasteiger partial charge in [0.1, 0.15) is 29.0 Å². The van der Waals surface area contributed by atoms with Gasteiger partial charge in [-0.05, 0) is 51.3 Å². The number of nitrogens with zero attached hydrogens (tertiary/aromatic N) is 1. The summed E-state index contributed by atoms with van der Waals surface area (Å²) in [6, 6.07) is 5.33. The van der Waals surface area contributed by atoms with E-state index in [0.29, 0.717) is 30.3 Å². The normalized spacial score (nSPS) is 16.7. The largest absolute Gasteiger partial charge is 0.492 e. The Morgan fingerprint density at radius 2 is 1.77 bits per heavy atom. The zero-order chi connectivity index (χ0) is 19.1. The molecule has 1 aromatic rings. The van der Waals surface area contributed by atoms with Crippen LogP contribution in [0.5, 0.6) is 11.5 Å². The first-order valence-corrected chi connectivity index (χ1v) is 9.23. The van der Waals surface area contributed by atoms with Crippen LogP contribution in [-0.2, 0) is 9.53 Å². The summed E-state index contributed by atoms with van der Waals surface area (Å²) in [5, 5.41) is 19.3. The summed E-state index contributed by atoms with van der Waals surface area (Å²) in [4.78, 5) is 12.0. The highest BCUT2D eigenvalue weighted by molar-refractivity contribution is 5.78. The van der Waals surface area contributed by atoms with Crippen molar-refractivity contribution >= 4 is 5.97 Å². The number of ether oxygens (including phenoxy) is 3. The summed E-state index contributed by atoms with van der Waals surface area (Å²) in [6.45, 7) is 6.16. The molecule has 1 aromatic carbocycles. The predicted octanol–water partition coefficient (Wildman–Crippen LogP) is 3.87. The molecule has 0 spiro atoms. The van der Waals surface area contributed by atoms with Crippen LogP contribution in [-0.4, -0.2) is 36.5 Å². The van der Waals surface area contributed by atoms with Crippen LogP contribution in [0, 0.1) is 11.3 Å². The van der Waals surface area contributed by atoms with Gasteiger partial charge in [0, 0.05) is 0 Å². The summed E-state index contributed by atoms with van der Waals surface area (Å²) >= 11 is 0. The van der Waals surface area contributed by atoms with Crippen LogP contribution in [0.1, 0.15) is 63.5 Å². The molecule has 0 radical (unpaired) electrons. The Morgan fingerprint density at radius 1 is 1.23 bits per heavy atom. The highest BCUT2D eigenvalue weighted by Gasteiger charge is 2.32. The molecule has 0 heterocycles. The third-order valence-electron chi connectivity index (χ3n) is 4.60. The zero-order valence-corrected chi connectivity index (χ0v) is 15.7. The maximum atomic E-state index is 12.0. The van der Waals surface area contributed by atoms with Gasteiger partial charge in [-0.1, -0.05) is 12.8 Å². The van der Waals surface area contributed by atoms with Gasteiger partial charge < -0.3 is 19.3 Å². The molecule has 1 aliphatic carbocycles. The molecule has 1 fully saturated rings. The topological polar surface area (TPSA) is 88.8 Å². The van der Waals surface area contributed by atoms with Gasteiger partial charge in [0.15, 0.2) is 0 Å². The summed E-state index contributed by atoms with van der Waals surface area (Å²) in [5.41, 5.74) is 0.805. The van der Waals surface area contributed by atoms with Crippen molar-refractivity contribution in [2.24, 2.45) is 0 Å². The van der Waals surface area contributed by atoms with E-state index in [9.17, 15) is 15.2 Å². The molecule has 2 rings (SSSR count). The van der Waals surface area contributed by atoms with Gasteiger partial charge in [-0.15, -0.1) is 0 Å². The van der Waals surface area contributed by atoms with Crippen LogP contribution in [0.2, 0.25) is 0 Å². The van der Waals surface area contributed by atoms with E-state index in [0.717, 1.165) is 25.7 Å². The summed E-state index contributed by atoms with van der Waals surface area (Å²) in [6.07, 6.45) is 3.80. The second-order valence-electron chi connectivity index (χ2n) is 6.43. The quantitative estimate of drug-likeness (QED) is 0.718. The minimum absolute atomic E-state index is 0.114. The van der Waals surface area contributed by atoms with Gasteiger partial charge in [-0.3, -0.25) is 4.79 Å². The first kappa shape index (κ1) is 20.1. The minimum Gasteiger partial charge on any atom is -0.492 e. The molecule has 1 N–H and O–H groups in total. The second kappa shape index (κ2) is 9.44. The van der Waals surface area contributed by atoms with E-state index in [2.05, 4.69) is 6.07 Å². The number of carboxylic acids is 1. The van der Waals surface area contributed by atoms with Crippen molar-refractivity contribution in [3.05, 3.63) is 23.3 Å². The summed E-state index contributed by atoms with van der Waals surface area (Å²) in [7, 11) is 0. The average molecular weight is 361 g/mol. The van der Waals surface area contributed by atoms with Gasteiger partial charge in [0.05, 0.1) is 25.4 Å². The molecule has 6 nitrogen and oxygen atoms in total. The number of rotatable bonds is 9. The molecule has 6 heteroatoms. The van der Waals surface area contributed by atoms with Crippen molar-refractivity contribution in [1.82, 2.24) is 0 Å². The molecule has 2 unspecified atom stereocenters. The van der Waals surface area contributed by atoms with Gasteiger partial charge in [0.2, 0.25) is 0 Å². The lowest BCUT2D eigenvalue weighted by molar-refractivity contribution is -0.143. The Balaban J connectivity index is 2.39. The molecule has 1 aliphatic rings. The van der Waals surface area contributed by atoms with Crippen LogP contribution < -0.4 is 9.47 Å². The Morgan fingerprint density at radius 3 is 2.19 bits per heavy atom. The molecule has 2 atom stereocenters. The first-order valence-electron chi connectivity index (χ1n) is 9.23. The van der Waals surface area contributed by atoms with Crippen molar-refractivity contribution in [3.63, 3.8) is 0 Å². The standard InChI is InChI=1S/C20H27NO5/c1-4-24-17-10-14(11-18(25-5-2)16(17)12-21)19(20(22)23)13(3)26-15-8-6-7-9-15/h10-11,13,15,19H,4-9H2,1-3H3,(H,22,23). The van der Waals surface area contributed by atoms with Gasteiger partial charge in [-0.25, -0.2) is 0 Å². The van der Waals surface area contributed by atoms with E-state index >= 15 is 0 Å². The number of carboxylic acid groups (broad SMARTS) is 1. The molecule has 0 amide bonds. The van der Waals surface area contributed by atoms with Crippen molar-refractivity contribution in [3.8, 4) is 17.6 Å². The highest BCUT2D eigenvalue weighted by Crippen LogP contribution is 2.36. The Labute approximate surface area is 154 Å². The number of hydrogen-bond acceptors (Lipinski definition) is 5. The molecule has 142 valence electrons. The fourth-order valence-corrected chi connectivity index (χ4v) is 3.46.